The molecule has 3 heterocycles. The average molecular weight is 496 g/mol. The number of rotatable bonds is 2. The van der Waals surface area contributed by atoms with E-state index in [1.165, 1.54) is 11.1 Å². The van der Waals surface area contributed by atoms with Gasteiger partial charge in [0.1, 0.15) is 5.58 Å². The van der Waals surface area contributed by atoms with Gasteiger partial charge in [-0.3, -0.25) is 0 Å². The lowest BCUT2D eigenvalue weighted by Crippen LogP contribution is -2.19. The molecular weight excluding hydrogens is 474 g/mol. The van der Waals surface area contributed by atoms with E-state index in [1.807, 2.05) is 13.1 Å². The highest BCUT2D eigenvalue weighted by Crippen LogP contribution is 2.52. The van der Waals surface area contributed by atoms with Crippen molar-refractivity contribution in [3.63, 3.8) is 0 Å². The molecular formula is C25H22BrNO5. The number of hydrogen-bond acceptors (Lipinski definition) is 6. The van der Waals surface area contributed by atoms with Crippen molar-refractivity contribution in [1.29, 1.82) is 0 Å². The zero-order valence-electron chi connectivity index (χ0n) is 17.9. The standard InChI is InChI=1S/C25H22BrNO5/c1-27-7-6-15-18(23(29-2)25-24(22(15)26)30-12-31-25)10-19(27)16-11-21(28)32-20-9-14-5-3-4-13(14)8-17(16)20/h8-11H,3-7,12H2,1-2H3. The van der Waals surface area contributed by atoms with Gasteiger partial charge in [0.2, 0.25) is 12.5 Å². The summed E-state index contributed by atoms with van der Waals surface area (Å²) in [4.78, 5) is 14.7. The van der Waals surface area contributed by atoms with Crippen molar-refractivity contribution in [1.82, 2.24) is 4.90 Å². The summed E-state index contributed by atoms with van der Waals surface area (Å²) >= 11 is 3.72. The molecule has 2 aromatic carbocycles. The number of hydrogen-bond donors (Lipinski definition) is 0. The Morgan fingerprint density at radius 2 is 1.84 bits per heavy atom. The van der Waals surface area contributed by atoms with Gasteiger partial charge in [0.15, 0.2) is 11.5 Å². The Kier molecular flexibility index (Phi) is 4.50. The Balaban J connectivity index is 1.64. The van der Waals surface area contributed by atoms with Crippen molar-refractivity contribution in [2.45, 2.75) is 25.7 Å². The largest absolute Gasteiger partial charge is 0.492 e. The lowest BCUT2D eigenvalue weighted by molar-refractivity contribution is 0.170. The molecule has 1 aromatic heterocycles. The summed E-state index contributed by atoms with van der Waals surface area (Å²) in [5.74, 6) is 1.94. The maximum absolute atomic E-state index is 12.5. The van der Waals surface area contributed by atoms with Crippen LogP contribution in [0.3, 0.4) is 0 Å². The van der Waals surface area contributed by atoms with Gasteiger partial charge in [-0.1, -0.05) is 0 Å². The van der Waals surface area contributed by atoms with Crippen LogP contribution in [0, 0.1) is 0 Å². The van der Waals surface area contributed by atoms with Crippen LogP contribution >= 0.6 is 15.9 Å². The maximum atomic E-state index is 12.5. The third kappa shape index (κ3) is 2.87. The van der Waals surface area contributed by atoms with Gasteiger partial charge in [0.05, 0.1) is 11.6 Å². The third-order valence-corrected chi connectivity index (χ3v) is 7.52. The molecule has 0 saturated carbocycles. The zero-order valence-corrected chi connectivity index (χ0v) is 19.5. The van der Waals surface area contributed by atoms with Crippen LogP contribution in [0.4, 0.5) is 0 Å². The molecule has 6 rings (SSSR count). The number of halogens is 1. The predicted molar refractivity (Wildman–Crippen MR) is 126 cm³/mol. The van der Waals surface area contributed by atoms with E-state index in [0.717, 1.165) is 64.5 Å². The van der Waals surface area contributed by atoms with E-state index in [4.69, 9.17) is 18.6 Å². The molecule has 0 fully saturated rings. The molecule has 0 amide bonds. The van der Waals surface area contributed by atoms with Gasteiger partial charge in [-0.05, 0) is 76.5 Å². The molecule has 0 atom stereocenters. The Labute approximate surface area is 193 Å². The van der Waals surface area contributed by atoms with Gasteiger partial charge < -0.3 is 23.5 Å². The maximum Gasteiger partial charge on any atom is 0.336 e. The third-order valence-electron chi connectivity index (χ3n) is 6.68. The highest BCUT2D eigenvalue weighted by molar-refractivity contribution is 9.10. The van der Waals surface area contributed by atoms with E-state index < -0.39 is 0 Å². The first-order valence-corrected chi connectivity index (χ1v) is 11.5. The van der Waals surface area contributed by atoms with Gasteiger partial charge in [0, 0.05) is 41.9 Å². The minimum Gasteiger partial charge on any atom is -0.492 e. The topological polar surface area (TPSA) is 61.1 Å². The first kappa shape index (κ1) is 19.7. The Morgan fingerprint density at radius 1 is 1.06 bits per heavy atom. The lowest BCUT2D eigenvalue weighted by atomic mass is 9.98. The van der Waals surface area contributed by atoms with Crippen LogP contribution in [0.15, 0.2) is 31.9 Å². The summed E-state index contributed by atoms with van der Waals surface area (Å²) in [7, 11) is 3.69. The fourth-order valence-corrected chi connectivity index (χ4v) is 5.80. The average Bonchev–Trinajstić information content (AvgIpc) is 3.41. The molecule has 2 aliphatic heterocycles. The second kappa shape index (κ2) is 7.30. The first-order valence-electron chi connectivity index (χ1n) is 10.8. The fraction of sp³-hybridized carbons (Fsp3) is 0.320. The van der Waals surface area contributed by atoms with Crippen molar-refractivity contribution in [2.75, 3.05) is 27.5 Å². The number of fused-ring (bicyclic) bond motifs is 4. The lowest BCUT2D eigenvalue weighted by Gasteiger charge is -2.22. The number of methoxy groups -OCH3 is 1. The van der Waals surface area contributed by atoms with E-state index in [9.17, 15) is 4.79 Å². The summed E-state index contributed by atoms with van der Waals surface area (Å²) in [5.41, 5.74) is 6.78. The minimum absolute atomic E-state index is 0.166. The quantitative estimate of drug-likeness (QED) is 0.477. The van der Waals surface area contributed by atoms with Crippen LogP contribution < -0.4 is 19.8 Å². The van der Waals surface area contributed by atoms with Crippen molar-refractivity contribution in [3.05, 3.63) is 60.9 Å². The van der Waals surface area contributed by atoms with Crippen LogP contribution in [0.5, 0.6) is 17.2 Å². The van der Waals surface area contributed by atoms with E-state index in [2.05, 4.69) is 33.0 Å². The molecule has 0 unspecified atom stereocenters. The van der Waals surface area contributed by atoms with E-state index in [-0.39, 0.29) is 12.4 Å². The van der Waals surface area contributed by atoms with E-state index in [0.29, 0.717) is 22.8 Å². The molecule has 3 aliphatic rings. The number of ether oxygens (including phenoxy) is 3. The molecule has 0 N–H and O–H groups in total. The molecule has 3 aromatic rings. The highest BCUT2D eigenvalue weighted by Gasteiger charge is 2.31. The van der Waals surface area contributed by atoms with Crippen LogP contribution in [0.2, 0.25) is 0 Å². The molecule has 6 nitrogen and oxygen atoms in total. The Morgan fingerprint density at radius 3 is 2.66 bits per heavy atom. The van der Waals surface area contributed by atoms with Gasteiger partial charge in [-0.2, -0.15) is 0 Å². The van der Waals surface area contributed by atoms with Crippen LogP contribution in [-0.2, 0) is 19.3 Å². The molecule has 0 bridgehead atoms. The molecule has 32 heavy (non-hydrogen) atoms. The summed E-state index contributed by atoms with van der Waals surface area (Å²) in [6.45, 7) is 0.937. The second-order valence-electron chi connectivity index (χ2n) is 8.46. The predicted octanol–water partition coefficient (Wildman–Crippen LogP) is 4.77. The molecule has 7 heteroatoms. The van der Waals surface area contributed by atoms with Gasteiger partial charge in [-0.25, -0.2) is 4.79 Å². The SMILES string of the molecule is COc1c2c(c(Br)c3c1OCO3)CCN(C)C(c1cc(=O)oc3cc4c(cc13)CCC4)=C2. The Hall–Kier alpha value is -2.93. The second-order valence-corrected chi connectivity index (χ2v) is 9.25. The molecule has 0 saturated heterocycles. The molecule has 0 radical (unpaired) electrons. The molecule has 164 valence electrons. The van der Waals surface area contributed by atoms with Crippen molar-refractivity contribution in [2.24, 2.45) is 0 Å². The van der Waals surface area contributed by atoms with Crippen LogP contribution in [0.25, 0.3) is 22.7 Å². The number of aryl methyl sites for hydroxylation is 2. The van der Waals surface area contributed by atoms with Crippen molar-refractivity contribution >= 4 is 38.7 Å². The number of nitrogens with zero attached hydrogens (tertiary/aromatic N) is 1. The summed E-state index contributed by atoms with van der Waals surface area (Å²) in [5, 5.41) is 0.963. The number of likely N-dealkylation sites (N-methyl/N-ethyl adjacent to an activating group) is 1. The molecule has 0 spiro atoms. The summed E-state index contributed by atoms with van der Waals surface area (Å²) in [6, 6.07) is 5.84. The summed E-state index contributed by atoms with van der Waals surface area (Å²) < 4.78 is 23.7. The van der Waals surface area contributed by atoms with Crippen LogP contribution in [0.1, 0.15) is 34.2 Å². The minimum atomic E-state index is -0.344. The van der Waals surface area contributed by atoms with Gasteiger partial charge in [-0.15, -0.1) is 0 Å². The zero-order chi connectivity index (χ0) is 22.0. The highest BCUT2D eigenvalue weighted by atomic mass is 79.9. The smallest absolute Gasteiger partial charge is 0.336 e. The van der Waals surface area contributed by atoms with Gasteiger partial charge in [0.25, 0.3) is 0 Å². The van der Waals surface area contributed by atoms with Crippen molar-refractivity contribution < 1.29 is 18.6 Å². The van der Waals surface area contributed by atoms with E-state index >= 15 is 0 Å². The molecule has 1 aliphatic carbocycles. The summed E-state index contributed by atoms with van der Waals surface area (Å²) in [6.07, 6.45) is 6.11. The van der Waals surface area contributed by atoms with E-state index in [1.54, 1.807) is 13.2 Å². The van der Waals surface area contributed by atoms with Gasteiger partial charge >= 0.3 is 5.63 Å². The monoisotopic (exact) mass is 495 g/mol. The number of benzene rings is 2. The normalized spacial score (nSPS) is 16.6. The fourth-order valence-electron chi connectivity index (χ4n) is 5.10. The van der Waals surface area contributed by atoms with Crippen LogP contribution in [-0.4, -0.2) is 32.4 Å². The first-order chi connectivity index (χ1) is 15.5. The Bertz CT molecular complexity index is 1370. The van der Waals surface area contributed by atoms with Crippen molar-refractivity contribution in [3.8, 4) is 17.2 Å².